The zero-order valence-corrected chi connectivity index (χ0v) is 16.2. The molecule has 3 rings (SSSR count). The van der Waals surface area contributed by atoms with Crippen molar-refractivity contribution in [2.75, 3.05) is 0 Å². The molecule has 0 saturated carbocycles. The van der Waals surface area contributed by atoms with Crippen LogP contribution in [0.25, 0.3) is 0 Å². The second-order valence-corrected chi connectivity index (χ2v) is 6.94. The van der Waals surface area contributed by atoms with Gasteiger partial charge in [0.1, 0.15) is 11.8 Å². The minimum Gasteiger partial charge on any atom is -0.289 e. The van der Waals surface area contributed by atoms with Gasteiger partial charge in [0, 0.05) is 11.1 Å². The zero-order chi connectivity index (χ0) is 20.1. The number of hydrogen-bond donors (Lipinski definition) is 0. The van der Waals surface area contributed by atoms with Gasteiger partial charge in [-0.1, -0.05) is 56.3 Å². The molecule has 3 aromatic rings. The van der Waals surface area contributed by atoms with Crippen molar-refractivity contribution < 1.29 is 4.79 Å². The van der Waals surface area contributed by atoms with E-state index in [9.17, 15) is 10.1 Å². The van der Waals surface area contributed by atoms with Crippen molar-refractivity contribution in [1.29, 1.82) is 5.26 Å². The number of benzene rings is 3. The third-order valence-corrected chi connectivity index (χ3v) is 4.57. The topological polar surface area (TPSA) is 65.6 Å². The van der Waals surface area contributed by atoms with Crippen LogP contribution in [-0.2, 0) is 0 Å². The molecule has 0 saturated heterocycles. The zero-order valence-electron chi connectivity index (χ0n) is 16.2. The maximum atomic E-state index is 12.6. The molecule has 0 aliphatic heterocycles. The molecule has 0 heterocycles. The van der Waals surface area contributed by atoms with E-state index < -0.39 is 0 Å². The van der Waals surface area contributed by atoms with Crippen LogP contribution >= 0.6 is 0 Å². The van der Waals surface area contributed by atoms with Crippen LogP contribution in [-0.4, -0.2) is 5.78 Å². The number of carbonyl (C=O) groups is 1. The first-order chi connectivity index (χ1) is 13.5. The molecule has 0 aliphatic carbocycles. The summed E-state index contributed by atoms with van der Waals surface area (Å²) < 4.78 is 0. The van der Waals surface area contributed by atoms with Gasteiger partial charge in [0.15, 0.2) is 5.78 Å². The first-order valence-corrected chi connectivity index (χ1v) is 9.16. The van der Waals surface area contributed by atoms with E-state index in [4.69, 9.17) is 0 Å². The number of azo groups is 1. The quantitative estimate of drug-likeness (QED) is 0.375. The van der Waals surface area contributed by atoms with Crippen LogP contribution in [0.2, 0.25) is 0 Å². The van der Waals surface area contributed by atoms with Gasteiger partial charge in [-0.25, -0.2) is 0 Å². The Morgan fingerprint density at radius 2 is 1.57 bits per heavy atom. The molecular formula is C24H21N3O. The molecule has 0 radical (unpaired) electrons. The minimum atomic E-state index is -0.124. The Morgan fingerprint density at radius 1 is 0.893 bits per heavy atom. The summed E-state index contributed by atoms with van der Waals surface area (Å²) in [5, 5.41) is 18.0. The van der Waals surface area contributed by atoms with E-state index in [1.54, 1.807) is 30.3 Å². The van der Waals surface area contributed by atoms with Crippen molar-refractivity contribution in [3.05, 3.63) is 94.5 Å². The van der Waals surface area contributed by atoms with Gasteiger partial charge < -0.3 is 0 Å². The minimum absolute atomic E-state index is 0.124. The molecule has 0 atom stereocenters. The molecule has 3 aromatic carbocycles. The highest BCUT2D eigenvalue weighted by Crippen LogP contribution is 2.28. The molecule has 0 N–H and O–H groups in total. The molecule has 28 heavy (non-hydrogen) atoms. The smallest absolute Gasteiger partial charge is 0.193 e. The maximum absolute atomic E-state index is 12.6. The van der Waals surface area contributed by atoms with Crippen molar-refractivity contribution in [2.45, 2.75) is 26.7 Å². The van der Waals surface area contributed by atoms with E-state index in [0.717, 1.165) is 11.3 Å². The van der Waals surface area contributed by atoms with Crippen LogP contribution in [0.15, 0.2) is 77.0 Å². The van der Waals surface area contributed by atoms with Gasteiger partial charge in [-0.05, 0) is 48.2 Å². The second kappa shape index (κ2) is 8.41. The summed E-state index contributed by atoms with van der Waals surface area (Å²) >= 11 is 0. The average molecular weight is 367 g/mol. The molecule has 0 aromatic heterocycles. The highest BCUT2D eigenvalue weighted by atomic mass is 16.1. The first kappa shape index (κ1) is 19.2. The van der Waals surface area contributed by atoms with Crippen molar-refractivity contribution in [3.8, 4) is 6.07 Å². The number of hydrogen-bond acceptors (Lipinski definition) is 4. The molecule has 0 spiro atoms. The molecular weight excluding hydrogens is 346 g/mol. The summed E-state index contributed by atoms with van der Waals surface area (Å²) in [6.45, 7) is 6.29. The van der Waals surface area contributed by atoms with E-state index in [2.05, 4.69) is 36.2 Å². The summed E-state index contributed by atoms with van der Waals surface area (Å²) in [5.41, 5.74) is 4.85. The summed E-state index contributed by atoms with van der Waals surface area (Å²) in [7, 11) is 0. The van der Waals surface area contributed by atoms with Gasteiger partial charge in [0.25, 0.3) is 0 Å². The predicted octanol–water partition coefficient (Wildman–Crippen LogP) is 6.64. The maximum Gasteiger partial charge on any atom is 0.193 e. The van der Waals surface area contributed by atoms with E-state index in [0.29, 0.717) is 28.3 Å². The second-order valence-electron chi connectivity index (χ2n) is 6.94. The Hall–Kier alpha value is -3.58. The van der Waals surface area contributed by atoms with Gasteiger partial charge in [-0.15, -0.1) is 5.11 Å². The summed E-state index contributed by atoms with van der Waals surface area (Å²) in [4.78, 5) is 12.6. The Bertz CT molecular complexity index is 1080. The third-order valence-electron chi connectivity index (χ3n) is 4.57. The lowest BCUT2D eigenvalue weighted by Gasteiger charge is -2.07. The van der Waals surface area contributed by atoms with Crippen LogP contribution in [0.3, 0.4) is 0 Å². The van der Waals surface area contributed by atoms with Crippen LogP contribution in [0.4, 0.5) is 11.4 Å². The lowest BCUT2D eigenvalue weighted by molar-refractivity contribution is 0.103. The third kappa shape index (κ3) is 4.21. The fourth-order valence-corrected chi connectivity index (χ4v) is 2.87. The number of nitrogens with zero attached hydrogens (tertiary/aromatic N) is 3. The van der Waals surface area contributed by atoms with E-state index in [1.807, 2.05) is 37.3 Å². The van der Waals surface area contributed by atoms with Gasteiger partial charge in [-0.3, -0.25) is 4.79 Å². The normalized spacial score (nSPS) is 11.0. The molecule has 4 heteroatoms. The lowest BCUT2D eigenvalue weighted by atomic mass is 10.0. The molecule has 0 unspecified atom stereocenters. The highest BCUT2D eigenvalue weighted by molar-refractivity contribution is 6.09. The molecule has 4 nitrogen and oxygen atoms in total. The Balaban J connectivity index is 1.88. The Kier molecular flexibility index (Phi) is 5.76. The first-order valence-electron chi connectivity index (χ1n) is 9.16. The fourth-order valence-electron chi connectivity index (χ4n) is 2.87. The molecule has 0 fully saturated rings. The highest BCUT2D eigenvalue weighted by Gasteiger charge is 2.12. The van der Waals surface area contributed by atoms with Gasteiger partial charge in [-0.2, -0.15) is 10.4 Å². The fraction of sp³-hybridized carbons (Fsp3) is 0.167. The number of aryl methyl sites for hydroxylation is 1. The van der Waals surface area contributed by atoms with Gasteiger partial charge >= 0.3 is 0 Å². The summed E-state index contributed by atoms with van der Waals surface area (Å²) in [6, 6.07) is 22.1. The van der Waals surface area contributed by atoms with Gasteiger partial charge in [0.05, 0.1) is 11.3 Å². The number of carbonyl (C=O) groups excluding carboxylic acids is 1. The van der Waals surface area contributed by atoms with Crippen LogP contribution in [0, 0.1) is 18.3 Å². The van der Waals surface area contributed by atoms with Crippen molar-refractivity contribution in [1.82, 2.24) is 0 Å². The van der Waals surface area contributed by atoms with Gasteiger partial charge in [0.2, 0.25) is 0 Å². The summed E-state index contributed by atoms with van der Waals surface area (Å²) in [6.07, 6.45) is 0. The SMILES string of the molecule is Cc1cc(C(C)C)ccc1N=Nc1ccc(C(=O)c2ccccc2)cc1C#N. The Morgan fingerprint density at radius 3 is 2.21 bits per heavy atom. The lowest BCUT2D eigenvalue weighted by Crippen LogP contribution is -2.01. The average Bonchev–Trinajstić information content (AvgIpc) is 2.72. The monoisotopic (exact) mass is 367 g/mol. The van der Waals surface area contributed by atoms with Crippen LogP contribution in [0.1, 0.15) is 52.4 Å². The van der Waals surface area contributed by atoms with Crippen molar-refractivity contribution >= 4 is 17.2 Å². The standard InChI is InChI=1S/C24H21N3O/c1-16(2)19-9-11-22(17(3)13-19)26-27-23-12-10-20(14-21(23)15-25)24(28)18-7-5-4-6-8-18/h4-14,16H,1-3H3. The van der Waals surface area contributed by atoms with E-state index in [1.165, 1.54) is 5.56 Å². The molecule has 0 aliphatic rings. The van der Waals surface area contributed by atoms with Crippen LogP contribution in [0.5, 0.6) is 0 Å². The molecule has 0 bridgehead atoms. The van der Waals surface area contributed by atoms with E-state index in [-0.39, 0.29) is 5.78 Å². The number of rotatable bonds is 5. The molecule has 0 amide bonds. The number of ketones is 1. The van der Waals surface area contributed by atoms with Crippen molar-refractivity contribution in [2.24, 2.45) is 10.2 Å². The van der Waals surface area contributed by atoms with Crippen LogP contribution < -0.4 is 0 Å². The summed E-state index contributed by atoms with van der Waals surface area (Å²) in [5.74, 6) is 0.324. The largest absolute Gasteiger partial charge is 0.289 e. The van der Waals surface area contributed by atoms with E-state index >= 15 is 0 Å². The Labute approximate surface area is 165 Å². The number of nitriles is 1. The van der Waals surface area contributed by atoms with Crippen molar-refractivity contribution in [3.63, 3.8) is 0 Å². The predicted molar refractivity (Wildman–Crippen MR) is 110 cm³/mol. The molecule has 138 valence electrons.